The average molecular weight is 300 g/mol. The first-order valence-corrected chi connectivity index (χ1v) is 5.42. The molecule has 0 saturated carbocycles. The smallest absolute Gasteiger partial charge is 0.416 e. The number of hydrogen-bond donors (Lipinski definition) is 0. The van der Waals surface area contributed by atoms with Gasteiger partial charge < -0.3 is 4.74 Å². The summed E-state index contributed by atoms with van der Waals surface area (Å²) < 4.78 is 80.6. The van der Waals surface area contributed by atoms with E-state index in [1.54, 1.807) is 0 Å². The van der Waals surface area contributed by atoms with Gasteiger partial charge in [0.25, 0.3) is 0 Å². The maximum atomic E-state index is 12.8. The van der Waals surface area contributed by atoms with Gasteiger partial charge in [0.05, 0.1) is 23.8 Å². The van der Waals surface area contributed by atoms with Crippen LogP contribution in [-0.2, 0) is 23.5 Å². The van der Waals surface area contributed by atoms with Crippen molar-refractivity contribution < 1.29 is 35.9 Å². The van der Waals surface area contributed by atoms with Crippen molar-refractivity contribution in [3.8, 4) is 0 Å². The monoisotopic (exact) mass is 300 g/mol. The van der Waals surface area contributed by atoms with Gasteiger partial charge in [-0.2, -0.15) is 26.3 Å². The Balaban J connectivity index is 3.70. The fourth-order valence-corrected chi connectivity index (χ4v) is 1.76. The van der Waals surface area contributed by atoms with E-state index in [1.165, 1.54) is 6.92 Å². The summed E-state index contributed by atoms with van der Waals surface area (Å²) in [5.74, 6) is -1.24. The van der Waals surface area contributed by atoms with Gasteiger partial charge in [-0.05, 0) is 24.1 Å². The summed E-state index contributed by atoms with van der Waals surface area (Å²) in [6.45, 7) is 1.31. The molecule has 0 saturated heterocycles. The molecule has 20 heavy (non-hydrogen) atoms. The first-order chi connectivity index (χ1) is 9.02. The molecule has 0 bridgehead atoms. The highest BCUT2D eigenvalue weighted by molar-refractivity contribution is 5.91. The molecule has 0 fully saturated rings. The van der Waals surface area contributed by atoms with E-state index in [4.69, 9.17) is 0 Å². The van der Waals surface area contributed by atoms with Gasteiger partial charge in [0.15, 0.2) is 0 Å². The van der Waals surface area contributed by atoms with E-state index in [2.05, 4.69) is 4.74 Å². The molecule has 0 unspecified atom stereocenters. The van der Waals surface area contributed by atoms with E-state index < -0.39 is 40.6 Å². The van der Waals surface area contributed by atoms with Crippen LogP contribution in [0.5, 0.6) is 0 Å². The van der Waals surface area contributed by atoms with Gasteiger partial charge in [-0.3, -0.25) is 0 Å². The molecule has 0 heterocycles. The summed E-state index contributed by atoms with van der Waals surface area (Å²) >= 11 is 0. The average Bonchev–Trinajstić information content (AvgIpc) is 2.33. The minimum atomic E-state index is -4.99. The van der Waals surface area contributed by atoms with E-state index in [1.807, 2.05) is 0 Å². The molecule has 0 aliphatic carbocycles. The van der Waals surface area contributed by atoms with E-state index in [-0.39, 0.29) is 12.5 Å². The number of esters is 1. The third-order valence-corrected chi connectivity index (χ3v) is 2.64. The summed E-state index contributed by atoms with van der Waals surface area (Å²) in [5, 5.41) is 0. The van der Waals surface area contributed by atoms with Crippen LogP contribution in [0.15, 0.2) is 12.1 Å². The Morgan fingerprint density at radius 3 is 2.00 bits per heavy atom. The second-order valence-corrected chi connectivity index (χ2v) is 3.89. The first-order valence-electron chi connectivity index (χ1n) is 5.42. The lowest BCUT2D eigenvalue weighted by atomic mass is 9.95. The SMILES string of the molecule is CCc1c(C(=O)OC)cc(C(F)(F)F)cc1C(F)(F)F. The Morgan fingerprint density at radius 2 is 1.65 bits per heavy atom. The molecule has 0 aliphatic rings. The third kappa shape index (κ3) is 3.23. The maximum Gasteiger partial charge on any atom is 0.416 e. The van der Waals surface area contributed by atoms with E-state index >= 15 is 0 Å². The van der Waals surface area contributed by atoms with Crippen LogP contribution in [0.25, 0.3) is 0 Å². The molecule has 1 aromatic rings. The van der Waals surface area contributed by atoms with Crippen molar-refractivity contribution in [2.75, 3.05) is 7.11 Å². The van der Waals surface area contributed by atoms with Gasteiger partial charge in [-0.15, -0.1) is 0 Å². The van der Waals surface area contributed by atoms with Crippen molar-refractivity contribution in [2.24, 2.45) is 0 Å². The number of carbonyl (C=O) groups excluding carboxylic acids is 1. The molecule has 0 amide bonds. The molecule has 2 nitrogen and oxygen atoms in total. The lowest BCUT2D eigenvalue weighted by Gasteiger charge is -2.18. The Bertz CT molecular complexity index is 516. The standard InChI is InChI=1S/C12H10F6O2/c1-3-7-8(10(19)20-2)4-6(11(13,14)15)5-9(7)12(16,17)18/h4-5H,3H2,1-2H3. The van der Waals surface area contributed by atoms with Gasteiger partial charge in [-0.1, -0.05) is 6.92 Å². The van der Waals surface area contributed by atoms with Gasteiger partial charge in [0, 0.05) is 0 Å². The number of rotatable bonds is 2. The summed E-state index contributed by atoms with van der Waals surface area (Å²) in [4.78, 5) is 11.4. The minimum absolute atomic E-state index is 0.00523. The van der Waals surface area contributed by atoms with Gasteiger partial charge >= 0.3 is 18.3 Å². The zero-order valence-corrected chi connectivity index (χ0v) is 10.4. The summed E-state index contributed by atoms with van der Waals surface area (Å²) in [6.07, 6.45) is -10.2. The molecule has 112 valence electrons. The summed E-state index contributed by atoms with van der Waals surface area (Å²) in [6, 6.07) is 0.380. The second-order valence-electron chi connectivity index (χ2n) is 3.89. The number of ether oxygens (including phenoxy) is 1. The van der Waals surface area contributed by atoms with Crippen molar-refractivity contribution >= 4 is 5.97 Å². The van der Waals surface area contributed by atoms with E-state index in [0.29, 0.717) is 6.07 Å². The Hall–Kier alpha value is -1.73. The zero-order chi connectivity index (χ0) is 15.7. The van der Waals surface area contributed by atoms with Crippen molar-refractivity contribution in [3.63, 3.8) is 0 Å². The van der Waals surface area contributed by atoms with Gasteiger partial charge in [0.2, 0.25) is 0 Å². The van der Waals surface area contributed by atoms with Crippen LogP contribution in [0, 0.1) is 0 Å². The molecule has 0 spiro atoms. The fraction of sp³-hybridized carbons (Fsp3) is 0.417. The number of methoxy groups -OCH3 is 1. The topological polar surface area (TPSA) is 26.3 Å². The molecule has 1 aromatic carbocycles. The van der Waals surface area contributed by atoms with Crippen molar-refractivity contribution in [1.82, 2.24) is 0 Å². The molecule has 1 rings (SSSR count). The van der Waals surface area contributed by atoms with Crippen LogP contribution >= 0.6 is 0 Å². The molecule has 0 atom stereocenters. The van der Waals surface area contributed by atoms with Crippen LogP contribution in [0.2, 0.25) is 0 Å². The van der Waals surface area contributed by atoms with Crippen molar-refractivity contribution in [1.29, 1.82) is 0 Å². The Labute approximate surface area is 110 Å². The van der Waals surface area contributed by atoms with E-state index in [0.717, 1.165) is 7.11 Å². The molecule has 0 aromatic heterocycles. The Kier molecular flexibility index (Phi) is 4.36. The highest BCUT2D eigenvalue weighted by Crippen LogP contribution is 2.39. The molecule has 8 heteroatoms. The van der Waals surface area contributed by atoms with Crippen molar-refractivity contribution in [3.05, 3.63) is 34.4 Å². The lowest BCUT2D eigenvalue weighted by molar-refractivity contribution is -0.143. The minimum Gasteiger partial charge on any atom is -0.465 e. The van der Waals surface area contributed by atoms with Gasteiger partial charge in [0.1, 0.15) is 0 Å². The Morgan fingerprint density at radius 1 is 1.10 bits per heavy atom. The first kappa shape index (κ1) is 16.3. The quantitative estimate of drug-likeness (QED) is 0.608. The zero-order valence-electron chi connectivity index (χ0n) is 10.4. The van der Waals surface area contributed by atoms with Crippen LogP contribution in [0.4, 0.5) is 26.3 Å². The molecular formula is C12H10F6O2. The predicted molar refractivity (Wildman–Crippen MR) is 57.2 cm³/mol. The van der Waals surface area contributed by atoms with Gasteiger partial charge in [-0.25, -0.2) is 4.79 Å². The molecule has 0 N–H and O–H groups in total. The second kappa shape index (κ2) is 5.34. The van der Waals surface area contributed by atoms with Crippen LogP contribution < -0.4 is 0 Å². The predicted octanol–water partition coefficient (Wildman–Crippen LogP) is 4.07. The number of alkyl halides is 6. The summed E-state index contributed by atoms with van der Waals surface area (Å²) in [7, 11) is 0.884. The maximum absolute atomic E-state index is 12.8. The number of hydrogen-bond acceptors (Lipinski definition) is 2. The largest absolute Gasteiger partial charge is 0.465 e. The van der Waals surface area contributed by atoms with E-state index in [9.17, 15) is 31.1 Å². The van der Waals surface area contributed by atoms with Crippen LogP contribution in [0.3, 0.4) is 0 Å². The third-order valence-electron chi connectivity index (χ3n) is 2.64. The highest BCUT2D eigenvalue weighted by Gasteiger charge is 2.40. The molecule has 0 radical (unpaired) electrons. The number of halogens is 6. The number of carbonyl (C=O) groups is 1. The highest BCUT2D eigenvalue weighted by atomic mass is 19.4. The van der Waals surface area contributed by atoms with Crippen LogP contribution in [0.1, 0.15) is 34.0 Å². The fourth-order valence-electron chi connectivity index (χ4n) is 1.76. The normalized spacial score (nSPS) is 12.4. The number of benzene rings is 1. The molecular weight excluding hydrogens is 290 g/mol. The molecule has 0 aliphatic heterocycles. The van der Waals surface area contributed by atoms with Crippen LogP contribution in [-0.4, -0.2) is 13.1 Å². The van der Waals surface area contributed by atoms with Crippen molar-refractivity contribution in [2.45, 2.75) is 25.7 Å². The lowest BCUT2D eigenvalue weighted by Crippen LogP contribution is -2.18. The summed E-state index contributed by atoms with van der Waals surface area (Å²) in [5.41, 5.74) is -4.26.